The first-order valence-corrected chi connectivity index (χ1v) is 2.90. The van der Waals surface area contributed by atoms with E-state index in [1.807, 2.05) is 12.3 Å². The Bertz CT molecular complexity index is 147. The van der Waals surface area contributed by atoms with Crippen molar-refractivity contribution in [3.05, 3.63) is 17.8 Å². The molecule has 54 valence electrons. The molecule has 0 atom stereocenters. The SMILES string of the molecule is Cc1cc[nH][c]1[Rh+2].[Br-].[Br-]. The van der Waals surface area contributed by atoms with Crippen molar-refractivity contribution in [1.29, 1.82) is 0 Å². The molecule has 0 aliphatic carbocycles. The van der Waals surface area contributed by atoms with Gasteiger partial charge in [0.05, 0.1) is 0 Å². The van der Waals surface area contributed by atoms with Crippen LogP contribution in [0.4, 0.5) is 0 Å². The molecule has 0 bridgehead atoms. The minimum Gasteiger partial charge on any atom is -1.00 e. The normalized spacial score (nSPS) is 7.33. The number of H-pyrrole nitrogens is 1. The van der Waals surface area contributed by atoms with Crippen molar-refractivity contribution in [3.63, 3.8) is 0 Å². The molecule has 1 nitrogen and oxygen atoms in total. The van der Waals surface area contributed by atoms with Crippen molar-refractivity contribution in [1.82, 2.24) is 4.98 Å². The maximum Gasteiger partial charge on any atom is -1.00 e. The quantitative estimate of drug-likeness (QED) is 0.453. The van der Waals surface area contributed by atoms with E-state index < -0.39 is 0 Å². The summed E-state index contributed by atoms with van der Waals surface area (Å²) < 4.78 is 1.15. The minimum atomic E-state index is 0. The maximum absolute atomic E-state index is 3.02. The van der Waals surface area contributed by atoms with E-state index in [1.54, 1.807) is 0 Å². The van der Waals surface area contributed by atoms with E-state index in [-0.39, 0.29) is 34.0 Å². The summed E-state index contributed by atoms with van der Waals surface area (Å²) in [6, 6.07) is 2.04. The molecule has 0 aliphatic rings. The van der Waals surface area contributed by atoms with Crippen LogP contribution in [0.1, 0.15) is 5.56 Å². The third-order valence-corrected chi connectivity index (χ3v) is 1.75. The van der Waals surface area contributed by atoms with Crippen LogP contribution in [-0.4, -0.2) is 4.98 Å². The van der Waals surface area contributed by atoms with Crippen molar-refractivity contribution >= 4 is 4.29 Å². The molecule has 0 fully saturated rings. The first-order chi connectivity index (χ1) is 3.30. The molecule has 0 saturated carbocycles. The van der Waals surface area contributed by atoms with Crippen LogP contribution in [0, 0.1) is 6.92 Å². The molecule has 1 aromatic heterocycles. The Balaban J connectivity index is 0. The topological polar surface area (TPSA) is 15.8 Å². The Morgan fingerprint density at radius 3 is 2.11 bits per heavy atom. The summed E-state index contributed by atoms with van der Waals surface area (Å²) in [5, 5.41) is 0. The fourth-order valence-corrected chi connectivity index (χ4v) is 0.693. The van der Waals surface area contributed by atoms with Gasteiger partial charge >= 0.3 is 52.3 Å². The van der Waals surface area contributed by atoms with Gasteiger partial charge in [0, 0.05) is 0 Å². The zero-order valence-electron chi connectivity index (χ0n) is 4.74. The van der Waals surface area contributed by atoms with Gasteiger partial charge in [-0.1, -0.05) is 0 Å². The fraction of sp³-hybridized carbons (Fsp3) is 0.200. The molecule has 1 heterocycles. The van der Waals surface area contributed by atoms with Crippen molar-refractivity contribution in [2.75, 3.05) is 0 Å². The van der Waals surface area contributed by atoms with Crippen LogP contribution in [0.5, 0.6) is 0 Å². The molecule has 0 unspecified atom stereocenters. The van der Waals surface area contributed by atoms with E-state index in [0.29, 0.717) is 0 Å². The minimum absolute atomic E-state index is 0. The summed E-state index contributed by atoms with van der Waals surface area (Å²) in [5.74, 6) is 0. The third kappa shape index (κ3) is 3.54. The van der Waals surface area contributed by atoms with Crippen LogP contribution in [0.25, 0.3) is 0 Å². The van der Waals surface area contributed by atoms with Gasteiger partial charge < -0.3 is 34.0 Å². The summed E-state index contributed by atoms with van der Waals surface area (Å²) in [6.07, 6.45) is 1.92. The summed E-state index contributed by atoms with van der Waals surface area (Å²) in [4.78, 5) is 3.02. The summed E-state index contributed by atoms with van der Waals surface area (Å²) in [6.45, 7) is 2.06. The first kappa shape index (κ1) is 12.5. The Labute approximate surface area is 85.8 Å². The standard InChI is InChI=1S/C5H6N.2BrH.Rh/c1-5-2-3-6-4-5;;;/h2-3,6H,1H3;2*1H;/q;;;+2/p-2. The first-order valence-electron chi connectivity index (χ1n) is 2.08. The summed E-state index contributed by atoms with van der Waals surface area (Å²) in [7, 11) is 0. The molecular weight excluding hydrogens is 337 g/mol. The van der Waals surface area contributed by atoms with Gasteiger partial charge in [-0.05, 0) is 0 Å². The molecule has 1 aromatic rings. The van der Waals surface area contributed by atoms with Gasteiger partial charge in [-0.3, -0.25) is 0 Å². The van der Waals surface area contributed by atoms with Gasteiger partial charge in [0.15, 0.2) is 0 Å². The molecule has 0 saturated heterocycles. The summed E-state index contributed by atoms with van der Waals surface area (Å²) >= 11 is 2.80. The zero-order valence-corrected chi connectivity index (χ0v) is 9.55. The largest absolute Gasteiger partial charge is 1.00 e. The Hall–Kier alpha value is 0.863. The van der Waals surface area contributed by atoms with Gasteiger partial charge in [-0.2, -0.15) is 0 Å². The number of nitrogens with one attached hydrogen (secondary N) is 1. The number of hydrogen-bond donors (Lipinski definition) is 1. The van der Waals surface area contributed by atoms with E-state index in [1.165, 1.54) is 5.56 Å². The second-order valence-corrected chi connectivity index (χ2v) is 2.27. The number of hydrogen-bond acceptors (Lipinski definition) is 0. The van der Waals surface area contributed by atoms with Gasteiger partial charge in [0.25, 0.3) is 0 Å². The van der Waals surface area contributed by atoms with E-state index in [2.05, 4.69) is 30.2 Å². The molecule has 9 heavy (non-hydrogen) atoms. The van der Waals surface area contributed by atoms with E-state index in [0.717, 1.165) is 4.29 Å². The molecule has 0 radical (unpaired) electrons. The second kappa shape index (κ2) is 5.63. The molecule has 0 aromatic carbocycles. The maximum atomic E-state index is 3.02. The molecular formula is C5H6Br2NRh. The van der Waals surface area contributed by atoms with Gasteiger partial charge in [-0.15, -0.1) is 0 Å². The van der Waals surface area contributed by atoms with E-state index >= 15 is 0 Å². The fourth-order valence-electron chi connectivity index (χ4n) is 0.419. The van der Waals surface area contributed by atoms with Crippen LogP contribution in [0.2, 0.25) is 0 Å². The van der Waals surface area contributed by atoms with Crippen LogP contribution < -0.4 is 38.3 Å². The van der Waals surface area contributed by atoms with Crippen molar-refractivity contribution in [3.8, 4) is 0 Å². The Morgan fingerprint density at radius 2 is 2.00 bits per heavy atom. The molecule has 0 spiro atoms. The number of aromatic nitrogens is 1. The number of halogens is 2. The van der Waals surface area contributed by atoms with Crippen molar-refractivity contribution < 1.29 is 52.3 Å². The second-order valence-electron chi connectivity index (χ2n) is 1.45. The molecule has 1 N–H and O–H groups in total. The predicted octanol–water partition coefficient (Wildman–Crippen LogP) is -5.50. The van der Waals surface area contributed by atoms with Gasteiger partial charge in [0.2, 0.25) is 0 Å². The Morgan fingerprint density at radius 1 is 1.44 bits per heavy atom. The van der Waals surface area contributed by atoms with E-state index in [9.17, 15) is 0 Å². The number of rotatable bonds is 0. The molecule has 1 rings (SSSR count). The molecule has 0 amide bonds. The molecule has 0 aliphatic heterocycles. The number of aromatic amines is 1. The van der Waals surface area contributed by atoms with Gasteiger partial charge in [-0.25, -0.2) is 0 Å². The monoisotopic (exact) mass is 341 g/mol. The van der Waals surface area contributed by atoms with Crippen molar-refractivity contribution in [2.24, 2.45) is 0 Å². The average molecular weight is 343 g/mol. The predicted molar refractivity (Wildman–Crippen MR) is 25.2 cm³/mol. The Kier molecular flexibility index (Phi) is 7.84. The third-order valence-electron chi connectivity index (χ3n) is 0.866. The average Bonchev–Trinajstić information content (AvgIpc) is 1.91. The van der Waals surface area contributed by atoms with Crippen LogP contribution in [-0.2, 0) is 18.3 Å². The van der Waals surface area contributed by atoms with Crippen LogP contribution >= 0.6 is 0 Å². The van der Waals surface area contributed by atoms with Crippen molar-refractivity contribution in [2.45, 2.75) is 6.92 Å². The zero-order chi connectivity index (χ0) is 5.28. The van der Waals surface area contributed by atoms with Crippen LogP contribution in [0.15, 0.2) is 12.3 Å². The smallest absolute Gasteiger partial charge is 1.00 e. The van der Waals surface area contributed by atoms with Gasteiger partial charge in [0.1, 0.15) is 0 Å². The summed E-state index contributed by atoms with van der Waals surface area (Å²) in [5.41, 5.74) is 1.28. The van der Waals surface area contributed by atoms with E-state index in [4.69, 9.17) is 0 Å². The molecule has 4 heteroatoms. The number of aryl methyl sites for hydroxylation is 1. The van der Waals surface area contributed by atoms with Crippen LogP contribution in [0.3, 0.4) is 0 Å².